The summed E-state index contributed by atoms with van der Waals surface area (Å²) in [6.45, 7) is 6.72. The molecule has 0 spiro atoms. The molecule has 3 aromatic rings. The molecule has 0 bridgehead atoms. The van der Waals surface area contributed by atoms with Gasteiger partial charge in [-0.1, -0.05) is 11.6 Å². The lowest BCUT2D eigenvalue weighted by Crippen LogP contribution is -2.07. The Morgan fingerprint density at radius 3 is 2.71 bits per heavy atom. The van der Waals surface area contributed by atoms with E-state index in [1.165, 1.54) is 6.08 Å². The number of aryl methyl sites for hydroxylation is 3. The average molecular weight is 464 g/mol. The molecule has 2 heterocycles. The molecule has 0 aliphatic heterocycles. The Balaban J connectivity index is 1.65. The van der Waals surface area contributed by atoms with E-state index in [9.17, 15) is 4.79 Å². The fourth-order valence-corrected chi connectivity index (χ4v) is 3.39. The van der Waals surface area contributed by atoms with E-state index in [4.69, 9.17) is 20.8 Å². The van der Waals surface area contributed by atoms with Gasteiger partial charge in [0.1, 0.15) is 29.6 Å². The molecule has 0 aliphatic carbocycles. The van der Waals surface area contributed by atoms with Gasteiger partial charge in [0.25, 0.3) is 0 Å². The van der Waals surface area contributed by atoms with Crippen molar-refractivity contribution in [1.29, 1.82) is 0 Å². The maximum Gasteiger partial charge on any atom is 0.205 e. The van der Waals surface area contributed by atoms with Crippen molar-refractivity contribution in [3.8, 4) is 5.75 Å². The number of nitrogens with zero attached hydrogens (tertiary/aromatic N) is 2. The number of allylic oxidation sites excluding steroid dienone is 1. The molecule has 0 saturated heterocycles. The number of benzene rings is 1. The highest BCUT2D eigenvalue weighted by molar-refractivity contribution is 9.10. The standard InChI is InChI=1S/C21H20BrClN2O3/c1-4-25-21(18(22)11-24-25)19(26)8-7-15-5-6-16(28-15)12-27-17-9-13(2)20(23)14(3)10-17/h5-11H,4,12H2,1-3H3/b8-7+. The van der Waals surface area contributed by atoms with E-state index in [1.54, 1.807) is 23.0 Å². The van der Waals surface area contributed by atoms with Crippen LogP contribution < -0.4 is 4.74 Å². The van der Waals surface area contributed by atoms with Crippen LogP contribution in [0.1, 0.15) is 40.1 Å². The third-order valence-corrected chi connectivity index (χ3v) is 5.38. The van der Waals surface area contributed by atoms with Gasteiger partial charge >= 0.3 is 0 Å². The van der Waals surface area contributed by atoms with Crippen LogP contribution in [-0.4, -0.2) is 15.6 Å². The molecule has 28 heavy (non-hydrogen) atoms. The molecule has 146 valence electrons. The van der Waals surface area contributed by atoms with E-state index in [1.807, 2.05) is 39.0 Å². The summed E-state index contributed by atoms with van der Waals surface area (Å²) in [5.74, 6) is 1.83. The highest BCUT2D eigenvalue weighted by Crippen LogP contribution is 2.26. The van der Waals surface area contributed by atoms with Gasteiger partial charge in [-0.15, -0.1) is 0 Å². The lowest BCUT2D eigenvalue weighted by molar-refractivity contribution is 0.103. The van der Waals surface area contributed by atoms with Crippen molar-refractivity contribution in [2.24, 2.45) is 0 Å². The predicted octanol–water partition coefficient (Wildman–Crippen LogP) is 6.00. The molecule has 0 saturated carbocycles. The fraction of sp³-hybridized carbons (Fsp3) is 0.238. The number of ether oxygens (including phenoxy) is 1. The second-order valence-electron chi connectivity index (χ2n) is 6.32. The number of carbonyl (C=O) groups is 1. The first-order valence-electron chi connectivity index (χ1n) is 8.81. The number of rotatable bonds is 7. The molecule has 7 heteroatoms. The molecule has 0 amide bonds. The van der Waals surface area contributed by atoms with Crippen molar-refractivity contribution in [2.75, 3.05) is 0 Å². The molecular formula is C21H20BrClN2O3. The molecule has 0 atom stereocenters. The summed E-state index contributed by atoms with van der Waals surface area (Å²) in [7, 11) is 0. The summed E-state index contributed by atoms with van der Waals surface area (Å²) in [5.41, 5.74) is 2.45. The van der Waals surface area contributed by atoms with E-state index in [0.29, 0.717) is 28.2 Å². The van der Waals surface area contributed by atoms with Crippen LogP contribution in [0.25, 0.3) is 6.08 Å². The monoisotopic (exact) mass is 462 g/mol. The maximum absolute atomic E-state index is 12.4. The zero-order chi connectivity index (χ0) is 20.3. The summed E-state index contributed by atoms with van der Waals surface area (Å²) >= 11 is 9.54. The number of halogens is 2. The minimum atomic E-state index is -0.146. The number of carbonyl (C=O) groups excluding carboxylic acids is 1. The molecule has 5 nitrogen and oxygen atoms in total. The van der Waals surface area contributed by atoms with Gasteiger partial charge in [-0.2, -0.15) is 5.10 Å². The summed E-state index contributed by atoms with van der Waals surface area (Å²) in [6.07, 6.45) is 4.73. The van der Waals surface area contributed by atoms with Crippen molar-refractivity contribution in [3.63, 3.8) is 0 Å². The Morgan fingerprint density at radius 2 is 2.04 bits per heavy atom. The molecule has 3 rings (SSSR count). The number of hydrogen-bond acceptors (Lipinski definition) is 4. The van der Waals surface area contributed by atoms with Crippen LogP contribution in [0.3, 0.4) is 0 Å². The first-order chi connectivity index (χ1) is 13.4. The highest BCUT2D eigenvalue weighted by atomic mass is 79.9. The van der Waals surface area contributed by atoms with Gasteiger partial charge < -0.3 is 9.15 Å². The smallest absolute Gasteiger partial charge is 0.205 e. The molecule has 0 N–H and O–H groups in total. The van der Waals surface area contributed by atoms with E-state index >= 15 is 0 Å². The van der Waals surface area contributed by atoms with Crippen molar-refractivity contribution in [2.45, 2.75) is 33.9 Å². The molecule has 0 aliphatic rings. The van der Waals surface area contributed by atoms with Gasteiger partial charge in [0, 0.05) is 11.6 Å². The zero-order valence-electron chi connectivity index (χ0n) is 15.8. The van der Waals surface area contributed by atoms with E-state index < -0.39 is 0 Å². The predicted molar refractivity (Wildman–Crippen MR) is 113 cm³/mol. The second-order valence-corrected chi connectivity index (χ2v) is 7.55. The van der Waals surface area contributed by atoms with Crippen LogP contribution >= 0.6 is 27.5 Å². The largest absolute Gasteiger partial charge is 0.486 e. The molecule has 0 unspecified atom stereocenters. The third kappa shape index (κ3) is 4.56. The Kier molecular flexibility index (Phi) is 6.42. The Labute approximate surface area is 177 Å². The normalized spacial score (nSPS) is 11.3. The van der Waals surface area contributed by atoms with Crippen LogP contribution in [0.2, 0.25) is 5.02 Å². The van der Waals surface area contributed by atoms with E-state index in [0.717, 1.165) is 21.9 Å². The van der Waals surface area contributed by atoms with Crippen LogP contribution in [0.5, 0.6) is 5.75 Å². The first-order valence-corrected chi connectivity index (χ1v) is 9.98. The number of ketones is 1. The maximum atomic E-state index is 12.4. The van der Waals surface area contributed by atoms with Gasteiger partial charge in [-0.25, -0.2) is 0 Å². The Bertz CT molecular complexity index is 1010. The minimum absolute atomic E-state index is 0.146. The van der Waals surface area contributed by atoms with Gasteiger partial charge in [-0.05, 0) is 84.2 Å². The Morgan fingerprint density at radius 1 is 1.32 bits per heavy atom. The van der Waals surface area contributed by atoms with Crippen molar-refractivity contribution >= 4 is 39.4 Å². The van der Waals surface area contributed by atoms with E-state index in [-0.39, 0.29) is 12.4 Å². The number of furan rings is 1. The summed E-state index contributed by atoms with van der Waals surface area (Å²) in [4.78, 5) is 12.4. The molecule has 0 radical (unpaired) electrons. The lowest BCUT2D eigenvalue weighted by atomic mass is 10.1. The topological polar surface area (TPSA) is 57.3 Å². The van der Waals surface area contributed by atoms with Gasteiger partial charge in [-0.3, -0.25) is 9.48 Å². The third-order valence-electron chi connectivity index (χ3n) is 4.20. The SMILES string of the molecule is CCn1ncc(Br)c1C(=O)/C=C/c1ccc(COc2cc(C)c(Cl)c(C)c2)o1. The lowest BCUT2D eigenvalue weighted by Gasteiger charge is -2.08. The van der Waals surface area contributed by atoms with Crippen LogP contribution in [0.15, 0.2) is 45.4 Å². The van der Waals surface area contributed by atoms with Crippen LogP contribution in [-0.2, 0) is 13.2 Å². The van der Waals surface area contributed by atoms with Crippen LogP contribution in [0.4, 0.5) is 0 Å². The van der Waals surface area contributed by atoms with Crippen molar-refractivity contribution in [3.05, 3.63) is 74.4 Å². The molecule has 2 aromatic heterocycles. The number of aromatic nitrogens is 2. The van der Waals surface area contributed by atoms with Gasteiger partial charge in [0.15, 0.2) is 0 Å². The zero-order valence-corrected chi connectivity index (χ0v) is 18.2. The van der Waals surface area contributed by atoms with Gasteiger partial charge in [0.2, 0.25) is 5.78 Å². The highest BCUT2D eigenvalue weighted by Gasteiger charge is 2.14. The summed E-state index contributed by atoms with van der Waals surface area (Å²) < 4.78 is 13.8. The summed E-state index contributed by atoms with van der Waals surface area (Å²) in [6, 6.07) is 7.41. The molecule has 0 fully saturated rings. The van der Waals surface area contributed by atoms with E-state index in [2.05, 4.69) is 21.0 Å². The first kappa shape index (κ1) is 20.4. The van der Waals surface area contributed by atoms with Gasteiger partial charge in [0.05, 0.1) is 10.7 Å². The molecular weight excluding hydrogens is 444 g/mol. The van der Waals surface area contributed by atoms with Crippen molar-refractivity contribution in [1.82, 2.24) is 9.78 Å². The fourth-order valence-electron chi connectivity index (χ4n) is 2.79. The van der Waals surface area contributed by atoms with Crippen LogP contribution in [0, 0.1) is 13.8 Å². The molecule has 1 aromatic carbocycles. The Hall–Kier alpha value is -2.31. The minimum Gasteiger partial charge on any atom is -0.486 e. The quantitative estimate of drug-likeness (QED) is 0.318. The summed E-state index contributed by atoms with van der Waals surface area (Å²) in [5, 5.41) is 4.90. The van der Waals surface area contributed by atoms with Crippen molar-refractivity contribution < 1.29 is 13.9 Å². The average Bonchev–Trinajstić information content (AvgIpc) is 3.28. The number of hydrogen-bond donors (Lipinski definition) is 0. The second kappa shape index (κ2) is 8.80.